The zero-order chi connectivity index (χ0) is 19.4. The lowest BCUT2D eigenvalue weighted by atomic mass is 10.1. The molecule has 3 aromatic rings. The van der Waals surface area contributed by atoms with Crippen LogP contribution in [0.4, 0.5) is 17.6 Å². The lowest BCUT2D eigenvalue weighted by Crippen LogP contribution is -2.37. The van der Waals surface area contributed by atoms with Crippen molar-refractivity contribution in [1.29, 1.82) is 0 Å². The first kappa shape index (κ1) is 22.4. The molecule has 0 saturated carbocycles. The molecule has 0 unspecified atom stereocenters. The molecule has 0 amide bonds. The van der Waals surface area contributed by atoms with Gasteiger partial charge in [0, 0.05) is 36.1 Å². The molecule has 0 spiro atoms. The number of nitrogens with one attached hydrogen (secondary N) is 3. The van der Waals surface area contributed by atoms with Crippen molar-refractivity contribution in [3.63, 3.8) is 0 Å². The lowest BCUT2D eigenvalue weighted by molar-refractivity contribution is -0.140. The Bertz CT molecular complexity index is 951. The fourth-order valence-electron chi connectivity index (χ4n) is 2.58. The van der Waals surface area contributed by atoms with Crippen LogP contribution < -0.4 is 10.6 Å². The van der Waals surface area contributed by atoms with Crippen LogP contribution in [0.15, 0.2) is 34.8 Å². The third kappa shape index (κ3) is 5.56. The molecule has 0 aliphatic carbocycles. The van der Waals surface area contributed by atoms with Crippen LogP contribution in [0.1, 0.15) is 16.3 Å². The van der Waals surface area contributed by atoms with E-state index >= 15 is 0 Å². The third-order valence-electron chi connectivity index (χ3n) is 3.89. The molecular formula is C17H18F4IN5S. The van der Waals surface area contributed by atoms with E-state index in [0.717, 1.165) is 33.2 Å². The summed E-state index contributed by atoms with van der Waals surface area (Å²) in [6, 6.07) is 4.58. The first-order valence-electron chi connectivity index (χ1n) is 8.08. The molecule has 0 saturated heterocycles. The van der Waals surface area contributed by atoms with E-state index in [1.807, 2.05) is 6.20 Å². The zero-order valence-corrected chi connectivity index (χ0v) is 17.9. The molecule has 1 aromatic carbocycles. The van der Waals surface area contributed by atoms with Gasteiger partial charge in [-0.3, -0.25) is 4.99 Å². The van der Waals surface area contributed by atoms with Gasteiger partial charge in [0.15, 0.2) is 11.7 Å². The van der Waals surface area contributed by atoms with E-state index in [2.05, 4.69) is 25.6 Å². The first-order chi connectivity index (χ1) is 12.9. The molecule has 0 aliphatic heterocycles. The lowest BCUT2D eigenvalue weighted by Gasteiger charge is -2.10. The maximum atomic E-state index is 13.2. The Hall–Kier alpha value is -1.89. The van der Waals surface area contributed by atoms with Gasteiger partial charge in [0.05, 0.1) is 6.54 Å². The van der Waals surface area contributed by atoms with E-state index in [9.17, 15) is 17.6 Å². The second-order valence-electron chi connectivity index (χ2n) is 5.73. The van der Waals surface area contributed by atoms with Gasteiger partial charge in [0.2, 0.25) is 0 Å². The Morgan fingerprint density at radius 1 is 1.29 bits per heavy atom. The zero-order valence-electron chi connectivity index (χ0n) is 14.7. The van der Waals surface area contributed by atoms with Crippen LogP contribution in [0, 0.1) is 5.82 Å². The number of rotatable bonds is 5. The van der Waals surface area contributed by atoms with E-state index in [-0.39, 0.29) is 36.3 Å². The minimum absolute atomic E-state index is 0. The van der Waals surface area contributed by atoms with Crippen molar-refractivity contribution in [3.05, 3.63) is 51.9 Å². The van der Waals surface area contributed by atoms with Gasteiger partial charge in [-0.05, 0) is 30.2 Å². The van der Waals surface area contributed by atoms with Crippen LogP contribution in [-0.4, -0.2) is 29.5 Å². The molecule has 0 fully saturated rings. The molecule has 28 heavy (non-hydrogen) atoms. The Labute approximate surface area is 179 Å². The highest BCUT2D eigenvalue weighted by atomic mass is 127. The van der Waals surface area contributed by atoms with Gasteiger partial charge in [0.25, 0.3) is 0 Å². The standard InChI is InChI=1S/C17H17F4N5S.HI/c1-22-16(25-8-15-26-14(9-27-15)17(19,20)21)23-5-4-10-7-24-13-6-11(18)2-3-12(10)13;/h2-3,6-7,9,24H,4-5,8H2,1H3,(H2,22,23,25);1H. The molecule has 0 radical (unpaired) electrons. The van der Waals surface area contributed by atoms with Gasteiger partial charge in [-0.15, -0.1) is 35.3 Å². The molecule has 0 bridgehead atoms. The van der Waals surface area contributed by atoms with Gasteiger partial charge >= 0.3 is 6.18 Å². The van der Waals surface area contributed by atoms with Gasteiger partial charge < -0.3 is 15.6 Å². The topological polar surface area (TPSA) is 65.1 Å². The largest absolute Gasteiger partial charge is 0.434 e. The number of hydrogen-bond acceptors (Lipinski definition) is 3. The highest BCUT2D eigenvalue weighted by molar-refractivity contribution is 14.0. The SMILES string of the molecule is CN=C(NCCc1c[nH]c2cc(F)ccc12)NCc1nc(C(F)(F)F)cs1.I. The second kappa shape index (κ2) is 9.54. The van der Waals surface area contributed by atoms with E-state index in [0.29, 0.717) is 23.9 Å². The highest BCUT2D eigenvalue weighted by Crippen LogP contribution is 2.29. The number of hydrogen-bond donors (Lipinski definition) is 3. The Kier molecular flexibility index (Phi) is 7.63. The maximum absolute atomic E-state index is 13.2. The molecule has 152 valence electrons. The average Bonchev–Trinajstić information content (AvgIpc) is 3.24. The van der Waals surface area contributed by atoms with Crippen molar-refractivity contribution in [1.82, 2.24) is 20.6 Å². The summed E-state index contributed by atoms with van der Waals surface area (Å²) in [6.45, 7) is 0.697. The van der Waals surface area contributed by atoms with Crippen LogP contribution >= 0.6 is 35.3 Å². The molecule has 3 N–H and O–H groups in total. The summed E-state index contributed by atoms with van der Waals surface area (Å²) in [5, 5.41) is 8.30. The summed E-state index contributed by atoms with van der Waals surface area (Å²) in [5.74, 6) is 0.166. The van der Waals surface area contributed by atoms with Crippen LogP contribution in [0.3, 0.4) is 0 Å². The number of benzene rings is 1. The van der Waals surface area contributed by atoms with Crippen molar-refractivity contribution in [3.8, 4) is 0 Å². The van der Waals surface area contributed by atoms with Gasteiger partial charge in [-0.2, -0.15) is 13.2 Å². The number of aromatic nitrogens is 2. The summed E-state index contributed by atoms with van der Waals surface area (Å²) in [5.41, 5.74) is 0.877. The molecule has 2 aromatic heterocycles. The van der Waals surface area contributed by atoms with Crippen LogP contribution in [0.2, 0.25) is 0 Å². The molecule has 11 heteroatoms. The highest BCUT2D eigenvalue weighted by Gasteiger charge is 2.33. The summed E-state index contributed by atoms with van der Waals surface area (Å²) >= 11 is 0.942. The fourth-order valence-corrected chi connectivity index (χ4v) is 3.32. The molecular weight excluding hydrogens is 509 g/mol. The van der Waals surface area contributed by atoms with Gasteiger partial charge in [-0.1, -0.05) is 0 Å². The van der Waals surface area contributed by atoms with Gasteiger partial charge in [0.1, 0.15) is 10.8 Å². The number of H-pyrrole nitrogens is 1. The second-order valence-corrected chi connectivity index (χ2v) is 6.67. The number of fused-ring (bicyclic) bond motifs is 1. The minimum Gasteiger partial charge on any atom is -0.361 e. The Morgan fingerprint density at radius 3 is 2.75 bits per heavy atom. The summed E-state index contributed by atoms with van der Waals surface area (Å²) in [7, 11) is 1.58. The molecule has 0 atom stereocenters. The first-order valence-corrected chi connectivity index (χ1v) is 8.96. The Balaban J connectivity index is 0.00000280. The van der Waals surface area contributed by atoms with Crippen LogP contribution in [0.5, 0.6) is 0 Å². The number of guanidine groups is 1. The van der Waals surface area contributed by atoms with Gasteiger partial charge in [-0.25, -0.2) is 9.37 Å². The summed E-state index contributed by atoms with van der Waals surface area (Å²) in [4.78, 5) is 10.6. The van der Waals surface area contributed by atoms with Crippen molar-refractivity contribution >= 4 is 52.2 Å². The smallest absolute Gasteiger partial charge is 0.361 e. The van der Waals surface area contributed by atoms with Crippen molar-refractivity contribution in [2.45, 2.75) is 19.1 Å². The van der Waals surface area contributed by atoms with E-state index in [4.69, 9.17) is 0 Å². The van der Waals surface area contributed by atoms with E-state index in [1.165, 1.54) is 12.1 Å². The monoisotopic (exact) mass is 527 g/mol. The minimum atomic E-state index is -4.43. The number of aromatic amines is 1. The number of alkyl halides is 3. The molecule has 3 rings (SSSR count). The fraction of sp³-hybridized carbons (Fsp3) is 0.294. The number of halogens is 5. The van der Waals surface area contributed by atoms with E-state index in [1.54, 1.807) is 13.1 Å². The quantitative estimate of drug-likeness (QED) is 0.201. The third-order valence-corrected chi connectivity index (χ3v) is 4.74. The number of nitrogens with zero attached hydrogens (tertiary/aromatic N) is 2. The van der Waals surface area contributed by atoms with Crippen LogP contribution in [-0.2, 0) is 19.1 Å². The normalized spacial score (nSPS) is 12.1. The van der Waals surface area contributed by atoms with Crippen molar-refractivity contribution in [2.75, 3.05) is 13.6 Å². The predicted molar refractivity (Wildman–Crippen MR) is 113 cm³/mol. The van der Waals surface area contributed by atoms with Crippen LogP contribution in [0.25, 0.3) is 10.9 Å². The molecule has 2 heterocycles. The number of aliphatic imine (C=N–C) groups is 1. The van der Waals surface area contributed by atoms with E-state index < -0.39 is 11.9 Å². The molecule has 0 aliphatic rings. The summed E-state index contributed by atoms with van der Waals surface area (Å²) in [6.07, 6.45) is -1.94. The maximum Gasteiger partial charge on any atom is 0.434 e. The van der Waals surface area contributed by atoms with Crippen molar-refractivity contribution < 1.29 is 17.6 Å². The Morgan fingerprint density at radius 2 is 2.07 bits per heavy atom. The molecule has 5 nitrogen and oxygen atoms in total. The predicted octanol–water partition coefficient (Wildman–Crippen LogP) is 4.31. The summed E-state index contributed by atoms with van der Waals surface area (Å²) < 4.78 is 50.9. The average molecular weight is 527 g/mol. The van der Waals surface area contributed by atoms with Crippen molar-refractivity contribution in [2.24, 2.45) is 4.99 Å². The number of thiazole rings is 1.